The van der Waals surface area contributed by atoms with E-state index in [0.29, 0.717) is 11.3 Å². The molecule has 1 amide bonds. The van der Waals surface area contributed by atoms with Crippen molar-refractivity contribution in [3.63, 3.8) is 0 Å². The number of hydrogen-bond donors (Lipinski definition) is 0. The lowest BCUT2D eigenvalue weighted by molar-refractivity contribution is 0.0731. The number of amides is 1. The Morgan fingerprint density at radius 1 is 1.59 bits per heavy atom. The van der Waals surface area contributed by atoms with Crippen molar-refractivity contribution in [1.82, 2.24) is 9.88 Å². The van der Waals surface area contributed by atoms with E-state index in [2.05, 4.69) is 4.98 Å². The summed E-state index contributed by atoms with van der Waals surface area (Å²) in [6.45, 7) is 5.57. The predicted octanol–water partition coefficient (Wildman–Crippen LogP) is 2.42. The zero-order chi connectivity index (χ0) is 13.0. The number of carbonyl (C=O) groups is 1. The van der Waals surface area contributed by atoms with Crippen molar-refractivity contribution in [2.45, 2.75) is 26.8 Å². The minimum atomic E-state index is -0.200. The predicted molar refractivity (Wildman–Crippen MR) is 65.8 cm³/mol. The van der Waals surface area contributed by atoms with E-state index in [-0.39, 0.29) is 23.6 Å². The highest BCUT2D eigenvalue weighted by atomic mass is 35.5. The zero-order valence-electron chi connectivity index (χ0n) is 10.1. The normalized spacial score (nSPS) is 10.1. The van der Waals surface area contributed by atoms with Crippen LogP contribution in [0.25, 0.3) is 0 Å². The number of halogens is 1. The maximum absolute atomic E-state index is 12.2. The van der Waals surface area contributed by atoms with E-state index in [4.69, 9.17) is 16.9 Å². The van der Waals surface area contributed by atoms with Crippen LogP contribution in [-0.4, -0.2) is 28.4 Å². The van der Waals surface area contributed by atoms with Crippen molar-refractivity contribution in [2.24, 2.45) is 0 Å². The molecule has 17 heavy (non-hydrogen) atoms. The van der Waals surface area contributed by atoms with Crippen LogP contribution >= 0.6 is 11.6 Å². The second-order valence-electron chi connectivity index (χ2n) is 4.00. The Kier molecular flexibility index (Phi) is 4.47. The van der Waals surface area contributed by atoms with Gasteiger partial charge in [-0.2, -0.15) is 5.26 Å². The lowest BCUT2D eigenvalue weighted by Crippen LogP contribution is -2.37. The van der Waals surface area contributed by atoms with Crippen molar-refractivity contribution in [1.29, 1.82) is 5.26 Å². The van der Waals surface area contributed by atoms with Gasteiger partial charge in [-0.3, -0.25) is 4.79 Å². The Balaban J connectivity index is 3.05. The zero-order valence-corrected chi connectivity index (χ0v) is 10.8. The number of hydrogen-bond acceptors (Lipinski definition) is 3. The Morgan fingerprint density at radius 3 is 2.71 bits per heavy atom. The first kappa shape index (κ1) is 13.5. The topological polar surface area (TPSA) is 57.0 Å². The van der Waals surface area contributed by atoms with Crippen LogP contribution in [0.3, 0.4) is 0 Å². The van der Waals surface area contributed by atoms with Crippen molar-refractivity contribution in [2.75, 3.05) is 6.54 Å². The fourth-order valence-electron chi connectivity index (χ4n) is 1.48. The first-order chi connectivity index (χ1) is 7.95. The number of nitrogens with zero attached hydrogens (tertiary/aromatic N) is 3. The van der Waals surface area contributed by atoms with Crippen LogP contribution in [0.5, 0.6) is 0 Å². The van der Waals surface area contributed by atoms with E-state index in [1.165, 1.54) is 11.0 Å². The van der Waals surface area contributed by atoms with Gasteiger partial charge in [0.1, 0.15) is 11.7 Å². The summed E-state index contributed by atoms with van der Waals surface area (Å²) in [5.41, 5.74) is 1.15. The number of pyridine rings is 1. The molecule has 0 saturated heterocycles. The van der Waals surface area contributed by atoms with Gasteiger partial charge in [0.2, 0.25) is 0 Å². The molecule has 0 fully saturated rings. The Labute approximate surface area is 106 Å². The number of aromatic nitrogens is 1. The van der Waals surface area contributed by atoms with Crippen LogP contribution in [0.1, 0.15) is 29.9 Å². The van der Waals surface area contributed by atoms with E-state index in [9.17, 15) is 4.79 Å². The quantitative estimate of drug-likeness (QED) is 0.612. The molecule has 4 nitrogen and oxygen atoms in total. The van der Waals surface area contributed by atoms with Crippen molar-refractivity contribution in [3.8, 4) is 6.07 Å². The van der Waals surface area contributed by atoms with Crippen LogP contribution in [-0.2, 0) is 0 Å². The SMILES string of the molecule is Cc1cc(C(=O)N(CC#N)C(C)C)cc(Cl)n1. The highest BCUT2D eigenvalue weighted by Gasteiger charge is 2.19. The molecule has 0 aliphatic rings. The van der Waals surface area contributed by atoms with Crippen molar-refractivity contribution < 1.29 is 4.79 Å². The molecule has 5 heteroatoms. The Morgan fingerprint density at radius 2 is 2.24 bits per heavy atom. The highest BCUT2D eigenvalue weighted by Crippen LogP contribution is 2.14. The fourth-order valence-corrected chi connectivity index (χ4v) is 1.73. The summed E-state index contributed by atoms with van der Waals surface area (Å²) < 4.78 is 0. The Hall–Kier alpha value is -1.60. The molecule has 1 aromatic heterocycles. The van der Waals surface area contributed by atoms with Gasteiger partial charge >= 0.3 is 0 Å². The maximum Gasteiger partial charge on any atom is 0.255 e. The summed E-state index contributed by atoms with van der Waals surface area (Å²) in [5, 5.41) is 8.99. The highest BCUT2D eigenvalue weighted by molar-refractivity contribution is 6.29. The molecule has 1 heterocycles. The molecule has 1 aromatic rings. The molecule has 0 saturated carbocycles. The van der Waals surface area contributed by atoms with Gasteiger partial charge in [0.15, 0.2) is 0 Å². The van der Waals surface area contributed by atoms with Gasteiger partial charge in [-0.15, -0.1) is 0 Å². The largest absolute Gasteiger partial charge is 0.323 e. The molecule has 0 atom stereocenters. The van der Waals surface area contributed by atoms with Crippen molar-refractivity contribution in [3.05, 3.63) is 28.5 Å². The monoisotopic (exact) mass is 251 g/mol. The molecule has 0 aromatic carbocycles. The molecular weight excluding hydrogens is 238 g/mol. The van der Waals surface area contributed by atoms with E-state index < -0.39 is 0 Å². The van der Waals surface area contributed by atoms with Crippen LogP contribution in [0, 0.1) is 18.3 Å². The van der Waals surface area contributed by atoms with Gasteiger partial charge in [-0.25, -0.2) is 4.98 Å². The molecule has 0 aliphatic carbocycles. The number of carbonyl (C=O) groups excluding carboxylic acids is 1. The van der Waals surface area contributed by atoms with Gasteiger partial charge in [-0.1, -0.05) is 11.6 Å². The summed E-state index contributed by atoms with van der Waals surface area (Å²) in [4.78, 5) is 17.7. The molecule has 0 aliphatic heterocycles. The lowest BCUT2D eigenvalue weighted by Gasteiger charge is -2.23. The first-order valence-corrected chi connectivity index (χ1v) is 5.65. The third kappa shape index (κ3) is 3.43. The molecule has 0 radical (unpaired) electrons. The summed E-state index contributed by atoms with van der Waals surface area (Å²) in [7, 11) is 0. The van der Waals surface area contributed by atoms with Gasteiger partial charge in [0.05, 0.1) is 6.07 Å². The maximum atomic E-state index is 12.2. The average molecular weight is 252 g/mol. The number of aryl methyl sites for hydroxylation is 1. The van der Waals surface area contributed by atoms with Crippen LogP contribution in [0.15, 0.2) is 12.1 Å². The number of rotatable bonds is 3. The summed E-state index contributed by atoms with van der Waals surface area (Å²) >= 11 is 5.81. The van der Waals surface area contributed by atoms with E-state index in [1.54, 1.807) is 13.0 Å². The first-order valence-electron chi connectivity index (χ1n) is 5.27. The minimum Gasteiger partial charge on any atom is -0.323 e. The standard InChI is InChI=1S/C12H14ClN3O/c1-8(2)16(5-4-14)12(17)10-6-9(3)15-11(13)7-10/h6-8H,5H2,1-3H3. The molecule has 90 valence electrons. The van der Waals surface area contributed by atoms with Gasteiger partial charge in [0.25, 0.3) is 5.91 Å². The minimum absolute atomic E-state index is 0.0330. The van der Waals surface area contributed by atoms with E-state index in [1.807, 2.05) is 19.9 Å². The average Bonchev–Trinajstić information content (AvgIpc) is 2.23. The molecular formula is C12H14ClN3O. The van der Waals surface area contributed by atoms with Crippen LogP contribution < -0.4 is 0 Å². The van der Waals surface area contributed by atoms with E-state index in [0.717, 1.165) is 0 Å². The Bertz CT molecular complexity index is 445. The van der Waals surface area contributed by atoms with Gasteiger partial charge < -0.3 is 4.90 Å². The summed E-state index contributed by atoms with van der Waals surface area (Å²) in [5.74, 6) is -0.200. The molecule has 0 unspecified atom stereocenters. The fraction of sp³-hybridized carbons (Fsp3) is 0.417. The molecule has 0 N–H and O–H groups in total. The van der Waals surface area contributed by atoms with Crippen molar-refractivity contribution >= 4 is 17.5 Å². The molecule has 0 spiro atoms. The van der Waals surface area contributed by atoms with E-state index >= 15 is 0 Å². The molecule has 1 rings (SSSR count). The third-order valence-electron chi connectivity index (χ3n) is 2.29. The van der Waals surface area contributed by atoms with Gasteiger partial charge in [-0.05, 0) is 32.9 Å². The van der Waals surface area contributed by atoms with Gasteiger partial charge in [0, 0.05) is 17.3 Å². The third-order valence-corrected chi connectivity index (χ3v) is 2.49. The van der Waals surface area contributed by atoms with Crippen LogP contribution in [0.4, 0.5) is 0 Å². The smallest absolute Gasteiger partial charge is 0.255 e. The molecule has 0 bridgehead atoms. The summed E-state index contributed by atoms with van der Waals surface area (Å²) in [6.07, 6.45) is 0. The second kappa shape index (κ2) is 5.65. The summed E-state index contributed by atoms with van der Waals surface area (Å²) in [6, 6.07) is 5.14. The second-order valence-corrected chi connectivity index (χ2v) is 4.39. The van der Waals surface area contributed by atoms with Crippen LogP contribution in [0.2, 0.25) is 5.15 Å². The lowest BCUT2D eigenvalue weighted by atomic mass is 10.2. The number of nitriles is 1.